The van der Waals surface area contributed by atoms with E-state index in [1.54, 1.807) is 0 Å². The first-order chi connectivity index (χ1) is 23.3. The largest absolute Gasteiger partial charge is 0.378 e. The van der Waals surface area contributed by atoms with Crippen LogP contribution < -0.4 is 27.4 Å². The fourth-order valence-corrected chi connectivity index (χ4v) is 4.96. The number of hydrogen-bond acceptors (Lipinski definition) is 9. The average molecular weight is 686 g/mol. The minimum atomic E-state index is -1.08. The van der Waals surface area contributed by atoms with Crippen LogP contribution in [0.5, 0.6) is 0 Å². The molecule has 0 aliphatic heterocycles. The molecule has 1 atom stereocenters. The smallest absolute Gasteiger partial charge is 0.222 e. The van der Waals surface area contributed by atoms with Crippen molar-refractivity contribution in [3.05, 3.63) is 0 Å². The number of primary amides is 1. The third kappa shape index (κ3) is 29.5. The lowest BCUT2D eigenvalue weighted by molar-refractivity contribution is -0.130. The Morgan fingerprint density at radius 2 is 1.08 bits per heavy atom. The minimum Gasteiger partial charge on any atom is -0.378 e. The summed E-state index contributed by atoms with van der Waals surface area (Å²) in [6, 6.07) is 0. The van der Waals surface area contributed by atoms with Crippen LogP contribution in [0.1, 0.15) is 129 Å². The molecule has 0 spiro atoms. The van der Waals surface area contributed by atoms with Gasteiger partial charge in [-0.15, -0.1) is 0 Å². The maximum Gasteiger partial charge on any atom is 0.222 e. The highest BCUT2D eigenvalue weighted by molar-refractivity contribution is 5.77. The third-order valence-corrected chi connectivity index (χ3v) is 7.75. The van der Waals surface area contributed by atoms with Gasteiger partial charge >= 0.3 is 0 Å². The summed E-state index contributed by atoms with van der Waals surface area (Å²) in [7, 11) is 0. The van der Waals surface area contributed by atoms with E-state index in [2.05, 4.69) is 22.9 Å². The van der Waals surface area contributed by atoms with Crippen LogP contribution in [0.15, 0.2) is 0 Å². The van der Waals surface area contributed by atoms with E-state index in [9.17, 15) is 24.0 Å². The molecular weight excluding hydrogens is 618 g/mol. The average Bonchev–Trinajstić information content (AvgIpc) is 3.06. The maximum atomic E-state index is 13.0. The Hall–Kier alpha value is -2.61. The monoisotopic (exact) mass is 685 g/mol. The summed E-state index contributed by atoms with van der Waals surface area (Å²) < 4.78 is 17.2. The van der Waals surface area contributed by atoms with Crippen LogP contribution in [0, 0.1) is 0 Å². The molecule has 48 heavy (non-hydrogen) atoms. The van der Waals surface area contributed by atoms with Gasteiger partial charge in [0.1, 0.15) is 11.8 Å². The molecule has 0 radical (unpaired) electrons. The number of amides is 4. The lowest BCUT2D eigenvalue weighted by Crippen LogP contribution is -2.58. The number of rotatable bonds is 36. The molecule has 7 N–H and O–H groups in total. The molecule has 0 saturated carbocycles. The molecule has 0 saturated heterocycles. The minimum absolute atomic E-state index is 0.00346. The SMILES string of the molecule is CCCCCCCNC(=O)CCCCCCCCCCC(=O)NC(COCCC=O)(COCCC(N)=O)COCCC(=O)NCCCN. The summed E-state index contributed by atoms with van der Waals surface area (Å²) in [5.74, 6) is -0.695. The van der Waals surface area contributed by atoms with E-state index < -0.39 is 11.4 Å². The van der Waals surface area contributed by atoms with Gasteiger partial charge in [-0.25, -0.2) is 0 Å². The van der Waals surface area contributed by atoms with Crippen molar-refractivity contribution in [2.45, 2.75) is 134 Å². The first kappa shape index (κ1) is 45.4. The van der Waals surface area contributed by atoms with Crippen LogP contribution >= 0.6 is 0 Å². The molecule has 4 amide bonds. The molecule has 0 aromatic heterocycles. The number of nitrogens with two attached hydrogens (primary N) is 2. The molecule has 1 unspecified atom stereocenters. The Labute approximate surface area is 289 Å². The second kappa shape index (κ2) is 32.9. The fourth-order valence-electron chi connectivity index (χ4n) is 4.96. The Kier molecular flexibility index (Phi) is 31.1. The van der Waals surface area contributed by atoms with Crippen molar-refractivity contribution in [1.82, 2.24) is 16.0 Å². The Morgan fingerprint density at radius 3 is 1.65 bits per heavy atom. The molecule has 0 aliphatic rings. The Balaban J connectivity index is 4.57. The van der Waals surface area contributed by atoms with Crippen molar-refractivity contribution in [3.8, 4) is 0 Å². The first-order valence-electron chi connectivity index (χ1n) is 18.3. The molecule has 280 valence electrons. The van der Waals surface area contributed by atoms with Crippen LogP contribution in [-0.2, 0) is 38.2 Å². The van der Waals surface area contributed by atoms with E-state index in [1.165, 1.54) is 25.7 Å². The van der Waals surface area contributed by atoms with Crippen LogP contribution in [0.3, 0.4) is 0 Å². The number of carbonyl (C=O) groups excluding carboxylic acids is 5. The van der Waals surface area contributed by atoms with Crippen molar-refractivity contribution in [2.24, 2.45) is 11.5 Å². The quantitative estimate of drug-likeness (QED) is 0.0485. The number of hydrogen-bond donors (Lipinski definition) is 5. The van der Waals surface area contributed by atoms with Crippen molar-refractivity contribution >= 4 is 29.9 Å². The summed E-state index contributed by atoms with van der Waals surface area (Å²) in [5, 5.41) is 8.81. The van der Waals surface area contributed by atoms with Gasteiger partial charge in [0.15, 0.2) is 0 Å². The molecule has 0 aliphatic carbocycles. The van der Waals surface area contributed by atoms with E-state index >= 15 is 0 Å². The Bertz CT molecular complexity index is 848. The van der Waals surface area contributed by atoms with Gasteiger partial charge < -0.3 is 46.4 Å². The molecule has 0 rings (SSSR count). The number of aldehydes is 1. The summed E-state index contributed by atoms with van der Waals surface area (Å²) in [6.45, 7) is 4.34. The Morgan fingerprint density at radius 1 is 0.604 bits per heavy atom. The third-order valence-electron chi connectivity index (χ3n) is 7.75. The highest BCUT2D eigenvalue weighted by Crippen LogP contribution is 2.14. The van der Waals surface area contributed by atoms with Gasteiger partial charge in [-0.1, -0.05) is 71.1 Å². The van der Waals surface area contributed by atoms with Gasteiger partial charge in [0.05, 0.1) is 39.6 Å². The van der Waals surface area contributed by atoms with E-state index in [-0.39, 0.29) is 76.6 Å². The molecule has 0 aromatic rings. The summed E-state index contributed by atoms with van der Waals surface area (Å²) >= 11 is 0. The van der Waals surface area contributed by atoms with E-state index in [1.807, 2.05) is 0 Å². The van der Waals surface area contributed by atoms with Crippen molar-refractivity contribution in [3.63, 3.8) is 0 Å². The normalized spacial score (nSPS) is 12.3. The van der Waals surface area contributed by atoms with Crippen LogP contribution in [0.25, 0.3) is 0 Å². The molecule has 0 heterocycles. The number of nitrogens with one attached hydrogen (secondary N) is 3. The summed E-state index contributed by atoms with van der Waals surface area (Å²) in [6.07, 6.45) is 16.6. The number of ether oxygens (including phenoxy) is 3. The van der Waals surface area contributed by atoms with Gasteiger partial charge in [-0.05, 0) is 32.2 Å². The molecular formula is C35H67N5O8. The molecule has 13 nitrogen and oxygen atoms in total. The first-order valence-corrected chi connectivity index (χ1v) is 18.3. The van der Waals surface area contributed by atoms with Gasteiger partial charge in [0, 0.05) is 45.2 Å². The summed E-state index contributed by atoms with van der Waals surface area (Å²) in [4.78, 5) is 59.0. The molecule has 0 bridgehead atoms. The standard InChI is InChI=1S/C35H67N5O8/c1-2-3-4-11-14-22-38-32(43)17-12-9-7-5-6-8-10-13-18-34(45)40-35(28-46-25-16-24-41,29-47-26-19-31(37)42)30-48-27-20-33(44)39-23-15-21-36/h24H,2-23,25-30,36H2,1H3,(H2,37,42)(H,38,43)(H,39,44)(H,40,45). The second-order valence-electron chi connectivity index (χ2n) is 12.5. The lowest BCUT2D eigenvalue weighted by Gasteiger charge is -2.34. The highest BCUT2D eigenvalue weighted by atomic mass is 16.5. The van der Waals surface area contributed by atoms with Crippen molar-refractivity contribution in [1.29, 1.82) is 0 Å². The number of carbonyl (C=O) groups is 5. The second-order valence-corrected chi connectivity index (χ2v) is 12.5. The number of unbranched alkanes of at least 4 members (excludes halogenated alkanes) is 11. The van der Waals surface area contributed by atoms with Gasteiger partial charge in [0.2, 0.25) is 23.6 Å². The van der Waals surface area contributed by atoms with E-state index in [0.29, 0.717) is 32.4 Å². The van der Waals surface area contributed by atoms with Crippen molar-refractivity contribution < 1.29 is 38.2 Å². The van der Waals surface area contributed by atoms with E-state index in [4.69, 9.17) is 25.7 Å². The van der Waals surface area contributed by atoms with Gasteiger partial charge in [-0.3, -0.25) is 19.2 Å². The van der Waals surface area contributed by atoms with Gasteiger partial charge in [0.25, 0.3) is 0 Å². The molecule has 13 heteroatoms. The van der Waals surface area contributed by atoms with Crippen LogP contribution in [0.4, 0.5) is 0 Å². The highest BCUT2D eigenvalue weighted by Gasteiger charge is 2.33. The lowest BCUT2D eigenvalue weighted by atomic mass is 10.0. The zero-order valence-electron chi connectivity index (χ0n) is 29.8. The topological polar surface area (TPSA) is 201 Å². The van der Waals surface area contributed by atoms with Crippen molar-refractivity contribution in [2.75, 3.05) is 59.3 Å². The van der Waals surface area contributed by atoms with Gasteiger partial charge in [-0.2, -0.15) is 0 Å². The zero-order chi connectivity index (χ0) is 35.6. The predicted octanol–water partition coefficient (Wildman–Crippen LogP) is 3.20. The zero-order valence-corrected chi connectivity index (χ0v) is 29.8. The summed E-state index contributed by atoms with van der Waals surface area (Å²) in [5.41, 5.74) is 9.61. The van der Waals surface area contributed by atoms with E-state index in [0.717, 1.165) is 70.6 Å². The molecule has 0 aromatic carbocycles. The van der Waals surface area contributed by atoms with Crippen LogP contribution in [0.2, 0.25) is 0 Å². The predicted molar refractivity (Wildman–Crippen MR) is 187 cm³/mol. The van der Waals surface area contributed by atoms with Crippen LogP contribution in [-0.4, -0.2) is 94.7 Å². The maximum absolute atomic E-state index is 13.0. The fraction of sp³-hybridized carbons (Fsp3) is 0.857. The molecule has 0 fully saturated rings.